The number of non-ortho nitro benzene ring substituents is 1. The number of likely N-dealkylation sites (N-methyl/N-ethyl adjacent to an activating group) is 1. The summed E-state index contributed by atoms with van der Waals surface area (Å²) in [6, 6.07) is 6.06. The Morgan fingerprint density at radius 2 is 1.84 bits per heavy atom. The van der Waals surface area contributed by atoms with Crippen molar-refractivity contribution < 1.29 is 14.5 Å². The van der Waals surface area contributed by atoms with E-state index in [1.807, 2.05) is 27.7 Å². The lowest BCUT2D eigenvalue weighted by molar-refractivity contribution is -0.384. The van der Waals surface area contributed by atoms with Crippen LogP contribution in [0.4, 0.5) is 5.69 Å². The number of carbonyl (C=O) groups excluding carboxylic acids is 2. The summed E-state index contributed by atoms with van der Waals surface area (Å²) in [6.45, 7) is 9.69. The molecular weight excluding hydrogens is 342 g/mol. The Morgan fingerprint density at radius 3 is 2.28 bits per heavy atom. The van der Waals surface area contributed by atoms with Gasteiger partial charge in [-0.2, -0.15) is 0 Å². The normalized spacial score (nSPS) is 12.4. The van der Waals surface area contributed by atoms with E-state index in [0.717, 1.165) is 4.90 Å². The standard InChI is InChI=1S/C17H25N3O4S/c1-6-19(11-15(21)18-17(3,4)5)16(22)12(2)25-14-9-7-13(8-10-14)20(23)24/h7-10,12H,6,11H2,1-5H3,(H,18,21). The summed E-state index contributed by atoms with van der Waals surface area (Å²) in [4.78, 5) is 37.1. The molecule has 0 aliphatic carbocycles. The van der Waals surface area contributed by atoms with Gasteiger partial charge in [-0.1, -0.05) is 0 Å². The quantitative estimate of drug-likeness (QED) is 0.454. The molecule has 1 unspecified atom stereocenters. The van der Waals surface area contributed by atoms with Crippen molar-refractivity contribution in [3.05, 3.63) is 34.4 Å². The van der Waals surface area contributed by atoms with Gasteiger partial charge in [-0.15, -0.1) is 11.8 Å². The largest absolute Gasteiger partial charge is 0.350 e. The molecule has 0 bridgehead atoms. The average molecular weight is 367 g/mol. The van der Waals surface area contributed by atoms with Crippen molar-refractivity contribution in [3.63, 3.8) is 0 Å². The highest BCUT2D eigenvalue weighted by atomic mass is 32.2. The Hall–Kier alpha value is -2.09. The summed E-state index contributed by atoms with van der Waals surface area (Å²) < 4.78 is 0. The molecule has 0 spiro atoms. The van der Waals surface area contributed by atoms with Gasteiger partial charge in [0, 0.05) is 29.1 Å². The van der Waals surface area contributed by atoms with Gasteiger partial charge in [0.15, 0.2) is 0 Å². The van der Waals surface area contributed by atoms with Gasteiger partial charge in [0.05, 0.1) is 16.7 Å². The van der Waals surface area contributed by atoms with E-state index in [2.05, 4.69) is 5.32 Å². The zero-order valence-corrected chi connectivity index (χ0v) is 16.1. The topological polar surface area (TPSA) is 92.6 Å². The minimum atomic E-state index is -0.463. The molecule has 0 saturated carbocycles. The molecule has 0 aliphatic rings. The van der Waals surface area contributed by atoms with Gasteiger partial charge in [-0.3, -0.25) is 19.7 Å². The van der Waals surface area contributed by atoms with E-state index in [4.69, 9.17) is 0 Å². The summed E-state index contributed by atoms with van der Waals surface area (Å²) >= 11 is 1.31. The molecule has 25 heavy (non-hydrogen) atoms. The molecule has 1 atom stereocenters. The molecule has 0 saturated heterocycles. The maximum atomic E-state index is 12.6. The van der Waals surface area contributed by atoms with Crippen molar-refractivity contribution in [2.24, 2.45) is 0 Å². The second-order valence-corrected chi connectivity index (χ2v) is 8.08. The van der Waals surface area contributed by atoms with Crippen molar-refractivity contribution in [3.8, 4) is 0 Å². The zero-order valence-electron chi connectivity index (χ0n) is 15.2. The highest BCUT2D eigenvalue weighted by Gasteiger charge is 2.24. The highest BCUT2D eigenvalue weighted by Crippen LogP contribution is 2.26. The molecule has 0 fully saturated rings. The Bertz CT molecular complexity index is 626. The van der Waals surface area contributed by atoms with Gasteiger partial charge >= 0.3 is 0 Å². The minimum absolute atomic E-state index is 0.0114. The number of benzene rings is 1. The second-order valence-electron chi connectivity index (χ2n) is 6.66. The van der Waals surface area contributed by atoms with Crippen LogP contribution in [0.25, 0.3) is 0 Å². The highest BCUT2D eigenvalue weighted by molar-refractivity contribution is 8.00. The fraction of sp³-hybridized carbons (Fsp3) is 0.529. The predicted molar refractivity (Wildman–Crippen MR) is 98.6 cm³/mol. The molecule has 2 amide bonds. The van der Waals surface area contributed by atoms with E-state index in [-0.39, 0.29) is 29.6 Å². The van der Waals surface area contributed by atoms with Crippen molar-refractivity contribution in [1.82, 2.24) is 10.2 Å². The lowest BCUT2D eigenvalue weighted by Gasteiger charge is -2.26. The molecule has 0 aromatic heterocycles. The molecule has 0 heterocycles. The number of nitrogens with one attached hydrogen (secondary N) is 1. The average Bonchev–Trinajstić information content (AvgIpc) is 2.50. The summed E-state index contributed by atoms with van der Waals surface area (Å²) in [5, 5.41) is 13.1. The van der Waals surface area contributed by atoms with Crippen LogP contribution >= 0.6 is 11.8 Å². The smallest absolute Gasteiger partial charge is 0.269 e. The van der Waals surface area contributed by atoms with Gasteiger partial charge in [-0.05, 0) is 46.8 Å². The fourth-order valence-electron chi connectivity index (χ4n) is 2.13. The molecule has 1 rings (SSSR count). The van der Waals surface area contributed by atoms with Crippen LogP contribution in [0.5, 0.6) is 0 Å². The number of nitro groups is 1. The third kappa shape index (κ3) is 7.13. The number of amides is 2. The Labute approximate surface area is 152 Å². The third-order valence-electron chi connectivity index (χ3n) is 3.25. The van der Waals surface area contributed by atoms with Crippen molar-refractivity contribution in [2.75, 3.05) is 13.1 Å². The van der Waals surface area contributed by atoms with Gasteiger partial charge in [-0.25, -0.2) is 0 Å². The summed E-state index contributed by atoms with van der Waals surface area (Å²) in [6.07, 6.45) is 0. The van der Waals surface area contributed by atoms with E-state index < -0.39 is 10.2 Å². The molecular formula is C17H25N3O4S. The number of thioether (sulfide) groups is 1. The van der Waals surface area contributed by atoms with E-state index in [1.54, 1.807) is 19.1 Å². The summed E-state index contributed by atoms with van der Waals surface area (Å²) in [5.41, 5.74) is -0.337. The number of carbonyl (C=O) groups is 2. The van der Waals surface area contributed by atoms with Crippen LogP contribution in [0.3, 0.4) is 0 Å². The maximum absolute atomic E-state index is 12.6. The van der Waals surface area contributed by atoms with Gasteiger partial charge < -0.3 is 10.2 Å². The van der Waals surface area contributed by atoms with Crippen molar-refractivity contribution >= 4 is 29.3 Å². The molecule has 1 aromatic rings. The van der Waals surface area contributed by atoms with Crippen LogP contribution in [0, 0.1) is 10.1 Å². The number of hydrogen-bond donors (Lipinski definition) is 1. The minimum Gasteiger partial charge on any atom is -0.350 e. The van der Waals surface area contributed by atoms with Gasteiger partial charge in [0.1, 0.15) is 0 Å². The third-order valence-corrected chi connectivity index (χ3v) is 4.35. The lowest BCUT2D eigenvalue weighted by atomic mass is 10.1. The van der Waals surface area contributed by atoms with Gasteiger partial charge in [0.2, 0.25) is 11.8 Å². The molecule has 1 N–H and O–H groups in total. The van der Waals surface area contributed by atoms with E-state index >= 15 is 0 Å². The molecule has 7 nitrogen and oxygen atoms in total. The predicted octanol–water partition coefficient (Wildman–Crippen LogP) is 2.84. The van der Waals surface area contributed by atoms with Crippen LogP contribution in [0.15, 0.2) is 29.2 Å². The molecule has 138 valence electrons. The van der Waals surface area contributed by atoms with Crippen molar-refractivity contribution in [2.45, 2.75) is 50.3 Å². The number of hydrogen-bond acceptors (Lipinski definition) is 5. The first-order chi connectivity index (χ1) is 11.5. The first-order valence-corrected chi connectivity index (χ1v) is 8.92. The van der Waals surface area contributed by atoms with Crippen molar-refractivity contribution in [1.29, 1.82) is 0 Å². The second kappa shape index (κ2) is 8.84. The Balaban J connectivity index is 2.68. The molecule has 1 aromatic carbocycles. The fourth-order valence-corrected chi connectivity index (χ4v) is 3.09. The molecule has 0 aliphatic heterocycles. The van der Waals surface area contributed by atoms with Crippen LogP contribution in [-0.2, 0) is 9.59 Å². The van der Waals surface area contributed by atoms with E-state index in [0.29, 0.717) is 6.54 Å². The molecule has 0 radical (unpaired) electrons. The molecule has 8 heteroatoms. The number of nitrogens with zero attached hydrogens (tertiary/aromatic N) is 2. The summed E-state index contributed by atoms with van der Waals surface area (Å²) in [5.74, 6) is -0.342. The zero-order chi connectivity index (χ0) is 19.2. The van der Waals surface area contributed by atoms with Gasteiger partial charge in [0.25, 0.3) is 5.69 Å². The van der Waals surface area contributed by atoms with E-state index in [9.17, 15) is 19.7 Å². The summed E-state index contributed by atoms with van der Waals surface area (Å²) in [7, 11) is 0. The van der Waals surface area contributed by atoms with Crippen LogP contribution in [0.1, 0.15) is 34.6 Å². The van der Waals surface area contributed by atoms with E-state index in [1.165, 1.54) is 28.8 Å². The van der Waals surface area contributed by atoms with Crippen LogP contribution < -0.4 is 5.32 Å². The SMILES string of the molecule is CCN(CC(=O)NC(C)(C)C)C(=O)C(C)Sc1ccc([N+](=O)[O-])cc1. The maximum Gasteiger partial charge on any atom is 0.269 e. The van der Waals surface area contributed by atoms with Crippen LogP contribution in [-0.4, -0.2) is 45.5 Å². The number of rotatable bonds is 7. The monoisotopic (exact) mass is 367 g/mol. The Morgan fingerprint density at radius 1 is 1.28 bits per heavy atom. The Kier molecular flexibility index (Phi) is 7.41. The lowest BCUT2D eigenvalue weighted by Crippen LogP contribution is -2.48. The first kappa shape index (κ1) is 21.0. The number of nitro benzene ring substituents is 1. The first-order valence-electron chi connectivity index (χ1n) is 8.04. The van der Waals surface area contributed by atoms with Crippen LogP contribution in [0.2, 0.25) is 0 Å².